The summed E-state index contributed by atoms with van der Waals surface area (Å²) in [5.41, 5.74) is 1.23. The van der Waals surface area contributed by atoms with Crippen molar-refractivity contribution >= 4 is 33.5 Å². The van der Waals surface area contributed by atoms with Crippen LogP contribution in [-0.2, 0) is 4.79 Å². The van der Waals surface area contributed by atoms with Crippen molar-refractivity contribution < 1.29 is 4.79 Å². The molecule has 1 aliphatic rings. The Morgan fingerprint density at radius 3 is 2.71 bits per heavy atom. The molecule has 0 radical (unpaired) electrons. The molecular weight excluding hydrogens is 370 g/mol. The quantitative estimate of drug-likeness (QED) is 0.587. The summed E-state index contributed by atoms with van der Waals surface area (Å²) in [7, 11) is 3.48. The minimum Gasteiger partial charge on any atom is -0.369 e. The number of nitrogens with zero attached hydrogens (tertiary/aromatic N) is 3. The standard InChI is InChI=1S/C17H26BrN5O/c1-4-19-17(20-11-16(24)22(2)3)21-14-9-10-23(12-14)15-7-5-13(18)6-8-15/h5-8,14H,4,9-12H2,1-3H3,(H2,19,20,21). The van der Waals surface area contributed by atoms with Gasteiger partial charge in [0.05, 0.1) is 0 Å². The molecule has 2 rings (SSSR count). The number of carbonyl (C=O) groups is 1. The van der Waals surface area contributed by atoms with E-state index in [0.717, 1.165) is 30.5 Å². The van der Waals surface area contributed by atoms with E-state index in [4.69, 9.17) is 0 Å². The maximum Gasteiger partial charge on any atom is 0.243 e. The zero-order valence-corrected chi connectivity index (χ0v) is 16.1. The van der Waals surface area contributed by atoms with Crippen LogP contribution in [0.3, 0.4) is 0 Å². The van der Waals surface area contributed by atoms with Crippen LogP contribution in [0.1, 0.15) is 13.3 Å². The lowest BCUT2D eigenvalue weighted by molar-refractivity contribution is -0.127. The van der Waals surface area contributed by atoms with Gasteiger partial charge in [0.25, 0.3) is 0 Å². The van der Waals surface area contributed by atoms with Crippen LogP contribution in [0.15, 0.2) is 33.7 Å². The van der Waals surface area contributed by atoms with Crippen LogP contribution < -0.4 is 15.5 Å². The molecule has 1 saturated heterocycles. The first-order chi connectivity index (χ1) is 11.5. The zero-order chi connectivity index (χ0) is 17.5. The number of amides is 1. The Hall–Kier alpha value is -1.76. The molecule has 1 unspecified atom stereocenters. The molecule has 1 aromatic carbocycles. The van der Waals surface area contributed by atoms with E-state index in [1.165, 1.54) is 5.69 Å². The molecule has 0 aliphatic carbocycles. The number of rotatable bonds is 5. The summed E-state index contributed by atoms with van der Waals surface area (Å²) in [6, 6.07) is 8.70. The van der Waals surface area contributed by atoms with Gasteiger partial charge in [-0.3, -0.25) is 4.79 Å². The van der Waals surface area contributed by atoms with Crippen molar-refractivity contribution in [2.24, 2.45) is 4.99 Å². The van der Waals surface area contributed by atoms with Gasteiger partial charge in [-0.05, 0) is 37.6 Å². The minimum absolute atomic E-state index is 0.00452. The second kappa shape index (κ2) is 8.92. The number of benzene rings is 1. The van der Waals surface area contributed by atoms with Gasteiger partial charge in [-0.1, -0.05) is 15.9 Å². The molecule has 6 nitrogen and oxygen atoms in total. The predicted octanol–water partition coefficient (Wildman–Crippen LogP) is 1.67. The molecule has 0 aromatic heterocycles. The minimum atomic E-state index is -0.00452. The Bertz CT molecular complexity index is 573. The summed E-state index contributed by atoms with van der Waals surface area (Å²) >= 11 is 3.47. The Balaban J connectivity index is 1.92. The summed E-state index contributed by atoms with van der Waals surface area (Å²) in [6.45, 7) is 4.88. The van der Waals surface area contributed by atoms with Gasteiger partial charge in [-0.25, -0.2) is 4.99 Å². The van der Waals surface area contributed by atoms with Gasteiger partial charge in [0.15, 0.2) is 5.96 Å². The normalized spacial score (nSPS) is 17.8. The van der Waals surface area contributed by atoms with E-state index >= 15 is 0 Å². The molecule has 1 aromatic rings. The average molecular weight is 396 g/mol. The number of hydrogen-bond donors (Lipinski definition) is 2. The lowest BCUT2D eigenvalue weighted by atomic mass is 10.3. The molecular formula is C17H26BrN5O. The molecule has 1 atom stereocenters. The number of carbonyl (C=O) groups excluding carboxylic acids is 1. The van der Waals surface area contributed by atoms with Crippen LogP contribution in [0.2, 0.25) is 0 Å². The van der Waals surface area contributed by atoms with Gasteiger partial charge in [0, 0.05) is 49.9 Å². The Morgan fingerprint density at radius 2 is 2.08 bits per heavy atom. The molecule has 7 heteroatoms. The summed E-state index contributed by atoms with van der Waals surface area (Å²) in [4.78, 5) is 20.0. The highest BCUT2D eigenvalue weighted by molar-refractivity contribution is 9.10. The number of guanidine groups is 1. The third kappa shape index (κ3) is 5.40. The first-order valence-corrected chi connectivity index (χ1v) is 9.04. The monoisotopic (exact) mass is 395 g/mol. The van der Waals surface area contributed by atoms with Crippen molar-refractivity contribution in [1.29, 1.82) is 0 Å². The molecule has 1 heterocycles. The fourth-order valence-corrected chi connectivity index (χ4v) is 2.83. The second-order valence-electron chi connectivity index (χ2n) is 6.04. The third-order valence-electron chi connectivity index (χ3n) is 3.94. The number of hydrogen-bond acceptors (Lipinski definition) is 3. The predicted molar refractivity (Wildman–Crippen MR) is 103 cm³/mol. The fourth-order valence-electron chi connectivity index (χ4n) is 2.57. The lowest BCUT2D eigenvalue weighted by Crippen LogP contribution is -2.45. The molecule has 1 aliphatic heterocycles. The smallest absolute Gasteiger partial charge is 0.243 e. The van der Waals surface area contributed by atoms with Gasteiger partial charge in [-0.2, -0.15) is 0 Å². The molecule has 1 fully saturated rings. The maximum atomic E-state index is 11.7. The zero-order valence-electron chi connectivity index (χ0n) is 14.6. The van der Waals surface area contributed by atoms with Crippen molar-refractivity contribution in [2.75, 3.05) is 45.2 Å². The van der Waals surface area contributed by atoms with Crippen molar-refractivity contribution in [3.63, 3.8) is 0 Å². The van der Waals surface area contributed by atoms with Crippen molar-refractivity contribution in [3.05, 3.63) is 28.7 Å². The lowest BCUT2D eigenvalue weighted by Gasteiger charge is -2.20. The molecule has 2 N–H and O–H groups in total. The van der Waals surface area contributed by atoms with Gasteiger partial charge in [0.1, 0.15) is 6.54 Å². The second-order valence-corrected chi connectivity index (χ2v) is 6.95. The molecule has 0 spiro atoms. The van der Waals surface area contributed by atoms with Crippen LogP contribution in [0.4, 0.5) is 5.69 Å². The number of anilines is 1. The van der Waals surface area contributed by atoms with Crippen LogP contribution in [0, 0.1) is 0 Å². The SMILES string of the molecule is CCNC(=NCC(=O)N(C)C)NC1CCN(c2ccc(Br)cc2)C1. The van der Waals surface area contributed by atoms with Crippen LogP contribution in [0.5, 0.6) is 0 Å². The topological polar surface area (TPSA) is 60.0 Å². The highest BCUT2D eigenvalue weighted by atomic mass is 79.9. The number of likely N-dealkylation sites (N-methyl/N-ethyl adjacent to an activating group) is 1. The van der Waals surface area contributed by atoms with Crippen LogP contribution in [-0.4, -0.2) is 63.1 Å². The largest absolute Gasteiger partial charge is 0.369 e. The van der Waals surface area contributed by atoms with E-state index in [1.807, 2.05) is 6.92 Å². The van der Waals surface area contributed by atoms with E-state index in [9.17, 15) is 4.79 Å². The number of aliphatic imine (C=N–C) groups is 1. The summed E-state index contributed by atoms with van der Waals surface area (Å²) in [5, 5.41) is 6.65. The Morgan fingerprint density at radius 1 is 1.38 bits per heavy atom. The summed E-state index contributed by atoms with van der Waals surface area (Å²) in [6.07, 6.45) is 1.04. The van der Waals surface area contributed by atoms with Gasteiger partial charge in [-0.15, -0.1) is 0 Å². The first-order valence-electron chi connectivity index (χ1n) is 8.25. The Kier molecular flexibility index (Phi) is 6.90. The summed E-state index contributed by atoms with van der Waals surface area (Å²) < 4.78 is 1.09. The Labute approximate surface area is 152 Å². The summed E-state index contributed by atoms with van der Waals surface area (Å²) in [5.74, 6) is 0.700. The highest BCUT2D eigenvalue weighted by Gasteiger charge is 2.23. The molecule has 132 valence electrons. The van der Waals surface area contributed by atoms with Crippen molar-refractivity contribution in [2.45, 2.75) is 19.4 Å². The van der Waals surface area contributed by atoms with Gasteiger partial charge >= 0.3 is 0 Å². The van der Waals surface area contributed by atoms with Crippen LogP contribution in [0.25, 0.3) is 0 Å². The van der Waals surface area contributed by atoms with Gasteiger partial charge in [0.2, 0.25) is 5.91 Å². The van der Waals surface area contributed by atoms with E-state index in [2.05, 4.69) is 60.7 Å². The molecule has 1 amide bonds. The van der Waals surface area contributed by atoms with Gasteiger partial charge < -0.3 is 20.4 Å². The fraction of sp³-hybridized carbons (Fsp3) is 0.529. The van der Waals surface area contributed by atoms with E-state index in [-0.39, 0.29) is 12.5 Å². The molecule has 0 bridgehead atoms. The van der Waals surface area contributed by atoms with Crippen molar-refractivity contribution in [3.8, 4) is 0 Å². The highest BCUT2D eigenvalue weighted by Crippen LogP contribution is 2.22. The maximum absolute atomic E-state index is 11.7. The first kappa shape index (κ1) is 18.6. The van der Waals surface area contributed by atoms with E-state index in [1.54, 1.807) is 19.0 Å². The number of halogens is 1. The average Bonchev–Trinajstić information content (AvgIpc) is 3.01. The van der Waals surface area contributed by atoms with Crippen molar-refractivity contribution in [1.82, 2.24) is 15.5 Å². The van der Waals surface area contributed by atoms with E-state index in [0.29, 0.717) is 12.0 Å². The van der Waals surface area contributed by atoms with Crippen LogP contribution >= 0.6 is 15.9 Å². The molecule has 0 saturated carbocycles. The van der Waals surface area contributed by atoms with E-state index < -0.39 is 0 Å². The third-order valence-corrected chi connectivity index (χ3v) is 4.46. The molecule has 24 heavy (non-hydrogen) atoms. The number of nitrogens with one attached hydrogen (secondary N) is 2.